The van der Waals surface area contributed by atoms with Gasteiger partial charge in [-0.05, 0) is 0 Å². The van der Waals surface area contributed by atoms with E-state index in [0.717, 1.165) is 0 Å². The normalized spacial score (nSPS) is 13.2. The van der Waals surface area contributed by atoms with Crippen molar-refractivity contribution < 1.29 is 25.6 Å². The molecule has 0 aromatic carbocycles. The van der Waals surface area contributed by atoms with Crippen molar-refractivity contribution in [1.29, 1.82) is 0 Å². The Kier molecular flexibility index (Phi) is 4.06. The molecule has 12 heavy (non-hydrogen) atoms. The van der Waals surface area contributed by atoms with E-state index in [-0.39, 0.29) is 13.2 Å². The van der Waals surface area contributed by atoms with E-state index in [1.54, 1.807) is 0 Å². The van der Waals surface area contributed by atoms with Gasteiger partial charge in [-0.25, -0.2) is 0 Å². The fourth-order valence-corrected chi connectivity index (χ4v) is 2.47. The van der Waals surface area contributed by atoms with Crippen LogP contribution < -0.4 is 5.73 Å². The van der Waals surface area contributed by atoms with Crippen molar-refractivity contribution in [3.05, 3.63) is 0 Å². The van der Waals surface area contributed by atoms with E-state index >= 15 is 0 Å². The fourth-order valence-electron chi connectivity index (χ4n) is 0.392. The predicted octanol–water partition coefficient (Wildman–Crippen LogP) is -1.86. The van der Waals surface area contributed by atoms with E-state index in [0.29, 0.717) is 0 Å². The highest BCUT2D eigenvalue weighted by Crippen LogP contribution is 1.96. The molecule has 0 aliphatic carbocycles. The van der Waals surface area contributed by atoms with Gasteiger partial charge >= 0.3 is 0 Å². The van der Waals surface area contributed by atoms with Crippen molar-refractivity contribution in [2.45, 2.75) is 0 Å². The first-order valence-electron chi connectivity index (χ1n) is 2.79. The van der Waals surface area contributed by atoms with Crippen molar-refractivity contribution in [1.82, 2.24) is 0 Å². The summed E-state index contributed by atoms with van der Waals surface area (Å²) in [4.78, 5) is 0. The zero-order chi connectivity index (χ0) is 9.83. The van der Waals surface area contributed by atoms with Crippen LogP contribution in [0.15, 0.2) is 0 Å². The maximum absolute atomic E-state index is 10.6. The molecule has 0 fully saturated rings. The molecule has 0 saturated heterocycles. The SMILES string of the molecule is NCCOS(=O)(=O)CS(=O)(=O)O. The van der Waals surface area contributed by atoms with Gasteiger partial charge in [-0.15, -0.1) is 0 Å². The minimum Gasteiger partial charge on any atom is -0.328 e. The summed E-state index contributed by atoms with van der Waals surface area (Å²) in [5, 5.41) is -1.44. The Balaban J connectivity index is 4.26. The Morgan fingerprint density at radius 1 is 1.25 bits per heavy atom. The van der Waals surface area contributed by atoms with E-state index < -0.39 is 25.3 Å². The molecule has 3 N–H and O–H groups in total. The first-order chi connectivity index (χ1) is 5.27. The second-order valence-electron chi connectivity index (χ2n) is 1.87. The highest BCUT2D eigenvalue weighted by molar-refractivity contribution is 8.03. The van der Waals surface area contributed by atoms with E-state index in [2.05, 4.69) is 4.18 Å². The molecule has 0 spiro atoms. The summed E-state index contributed by atoms with van der Waals surface area (Å²) < 4.78 is 53.5. The average molecular weight is 219 g/mol. The third-order valence-corrected chi connectivity index (χ3v) is 3.55. The van der Waals surface area contributed by atoms with E-state index in [9.17, 15) is 16.8 Å². The van der Waals surface area contributed by atoms with Crippen LogP contribution in [0.25, 0.3) is 0 Å². The van der Waals surface area contributed by atoms with Crippen LogP contribution in [-0.4, -0.2) is 39.6 Å². The Hall–Kier alpha value is -0.220. The molecule has 0 aromatic heterocycles. The Morgan fingerprint density at radius 3 is 2.08 bits per heavy atom. The molecule has 9 heteroatoms. The molecule has 0 unspecified atom stereocenters. The molecule has 0 rings (SSSR count). The molecule has 0 amide bonds. The Morgan fingerprint density at radius 2 is 1.75 bits per heavy atom. The van der Waals surface area contributed by atoms with E-state index in [1.807, 2.05) is 0 Å². The first-order valence-corrected chi connectivity index (χ1v) is 5.98. The molecule has 0 saturated carbocycles. The molecule has 7 nitrogen and oxygen atoms in total. The molecular weight excluding hydrogens is 210 g/mol. The summed E-state index contributed by atoms with van der Waals surface area (Å²) in [6, 6.07) is 0. The molecule has 0 atom stereocenters. The van der Waals surface area contributed by atoms with Crippen molar-refractivity contribution >= 4 is 20.2 Å². The van der Waals surface area contributed by atoms with Gasteiger partial charge in [0.2, 0.25) is 5.08 Å². The summed E-state index contributed by atoms with van der Waals surface area (Å²) in [5.74, 6) is 0. The van der Waals surface area contributed by atoms with Crippen molar-refractivity contribution in [3.63, 3.8) is 0 Å². The molecule has 0 bridgehead atoms. The number of hydrogen-bond acceptors (Lipinski definition) is 6. The van der Waals surface area contributed by atoms with Crippen LogP contribution in [0, 0.1) is 0 Å². The zero-order valence-electron chi connectivity index (χ0n) is 6.00. The molecule has 0 aliphatic heterocycles. The minimum atomic E-state index is -4.57. The molecule has 0 radical (unpaired) electrons. The second-order valence-corrected chi connectivity index (χ2v) is 5.33. The van der Waals surface area contributed by atoms with Gasteiger partial charge in [0.1, 0.15) is 0 Å². The second kappa shape index (κ2) is 4.14. The number of nitrogens with two attached hydrogens (primary N) is 1. The highest BCUT2D eigenvalue weighted by atomic mass is 32.3. The molecule has 0 aliphatic rings. The van der Waals surface area contributed by atoms with Crippen molar-refractivity contribution in [3.8, 4) is 0 Å². The van der Waals surface area contributed by atoms with Gasteiger partial charge in [-0.2, -0.15) is 16.8 Å². The highest BCUT2D eigenvalue weighted by Gasteiger charge is 2.20. The van der Waals surface area contributed by atoms with E-state index in [1.165, 1.54) is 0 Å². The summed E-state index contributed by atoms with van der Waals surface area (Å²) in [6.45, 7) is -0.359. The lowest BCUT2D eigenvalue weighted by Gasteiger charge is -2.00. The summed E-state index contributed by atoms with van der Waals surface area (Å²) in [5.41, 5.74) is 4.90. The average Bonchev–Trinajstić information content (AvgIpc) is 1.78. The quantitative estimate of drug-likeness (QED) is 0.410. The fraction of sp³-hybridized carbons (Fsp3) is 1.00. The van der Waals surface area contributed by atoms with Gasteiger partial charge in [-0.3, -0.25) is 8.74 Å². The molecule has 0 aromatic rings. The summed E-state index contributed by atoms with van der Waals surface area (Å²) in [7, 11) is -8.79. The number of hydrogen-bond donors (Lipinski definition) is 2. The van der Waals surface area contributed by atoms with Gasteiger partial charge < -0.3 is 5.73 Å². The van der Waals surface area contributed by atoms with Gasteiger partial charge in [-0.1, -0.05) is 0 Å². The molecule has 0 heterocycles. The number of rotatable bonds is 5. The standard InChI is InChI=1S/C3H9NO6S2/c4-1-2-10-12(8,9)3-11(5,6)7/h1-4H2,(H,5,6,7). The predicted molar refractivity (Wildman–Crippen MR) is 40.3 cm³/mol. The van der Waals surface area contributed by atoms with Gasteiger partial charge in [0.15, 0.2) is 0 Å². The zero-order valence-corrected chi connectivity index (χ0v) is 7.64. The van der Waals surface area contributed by atoms with Crippen LogP contribution in [0.2, 0.25) is 0 Å². The van der Waals surface area contributed by atoms with Gasteiger partial charge in [0.05, 0.1) is 6.61 Å². The van der Waals surface area contributed by atoms with Crippen LogP contribution in [0.3, 0.4) is 0 Å². The lowest BCUT2D eigenvalue weighted by molar-refractivity contribution is 0.329. The third kappa shape index (κ3) is 6.49. The third-order valence-electron chi connectivity index (χ3n) is 0.674. The van der Waals surface area contributed by atoms with Gasteiger partial charge in [0.25, 0.3) is 20.2 Å². The lowest BCUT2D eigenvalue weighted by atomic mass is 10.8. The van der Waals surface area contributed by atoms with E-state index in [4.69, 9.17) is 10.3 Å². The van der Waals surface area contributed by atoms with Crippen LogP contribution >= 0.6 is 0 Å². The maximum atomic E-state index is 10.6. The first kappa shape index (κ1) is 11.8. The summed E-state index contributed by atoms with van der Waals surface area (Å²) in [6.07, 6.45) is 0. The lowest BCUT2D eigenvalue weighted by Crippen LogP contribution is -2.21. The van der Waals surface area contributed by atoms with Crippen LogP contribution in [-0.2, 0) is 24.4 Å². The van der Waals surface area contributed by atoms with Gasteiger partial charge in [0, 0.05) is 6.54 Å². The summed E-state index contributed by atoms with van der Waals surface area (Å²) >= 11 is 0. The largest absolute Gasteiger partial charge is 0.328 e. The minimum absolute atomic E-state index is 0.0509. The maximum Gasteiger partial charge on any atom is 0.284 e. The topological polar surface area (TPSA) is 124 Å². The van der Waals surface area contributed by atoms with Crippen LogP contribution in [0.1, 0.15) is 0 Å². The monoisotopic (exact) mass is 219 g/mol. The Labute approximate surface area is 70.4 Å². The Bertz CT molecular complexity index is 315. The van der Waals surface area contributed by atoms with Crippen LogP contribution in [0.4, 0.5) is 0 Å². The van der Waals surface area contributed by atoms with Crippen molar-refractivity contribution in [2.75, 3.05) is 18.2 Å². The molecule has 74 valence electrons. The van der Waals surface area contributed by atoms with Crippen molar-refractivity contribution in [2.24, 2.45) is 5.73 Å². The van der Waals surface area contributed by atoms with Crippen LogP contribution in [0.5, 0.6) is 0 Å². The smallest absolute Gasteiger partial charge is 0.284 e. The molecular formula is C3H9NO6S2.